The standard InChI is InChI=1S/C6H11N5O3/c7-9-4-5(13)8-3-6(14)11-10-1-2-12/h4,7-8,12-13H,1-3H2/p+1. The molecule has 0 saturated heterocycles. The Morgan fingerprint density at radius 3 is 2.86 bits per heavy atom. The van der Waals surface area contributed by atoms with Crippen LogP contribution in [0.25, 0.3) is 4.98 Å². The lowest BCUT2D eigenvalue weighted by Gasteiger charge is -2.05. The van der Waals surface area contributed by atoms with Gasteiger partial charge >= 0.3 is 6.20 Å². The van der Waals surface area contributed by atoms with Crippen molar-refractivity contribution in [2.24, 2.45) is 0 Å². The van der Waals surface area contributed by atoms with Crippen LogP contribution < -0.4 is 16.2 Å². The third-order valence-electron chi connectivity index (χ3n) is 1.07. The second kappa shape index (κ2) is 7.78. The van der Waals surface area contributed by atoms with Crippen LogP contribution in [0.15, 0.2) is 12.1 Å². The smallest absolute Gasteiger partial charge is 0.409 e. The average molecular weight is 202 g/mol. The summed E-state index contributed by atoms with van der Waals surface area (Å²) in [6, 6.07) is 0. The van der Waals surface area contributed by atoms with Gasteiger partial charge in [-0.2, -0.15) is 0 Å². The van der Waals surface area contributed by atoms with E-state index in [1.165, 1.54) is 0 Å². The molecule has 0 bridgehead atoms. The summed E-state index contributed by atoms with van der Waals surface area (Å²) in [6.45, 7) is -0.0436. The number of aliphatic hydroxyl groups is 2. The van der Waals surface area contributed by atoms with E-state index in [-0.39, 0.29) is 19.7 Å². The Kier molecular flexibility index (Phi) is 6.75. The third kappa shape index (κ3) is 6.84. The van der Waals surface area contributed by atoms with Crippen LogP contribution >= 0.6 is 0 Å². The first-order valence-electron chi connectivity index (χ1n) is 3.80. The minimum absolute atomic E-state index is 0.0950. The minimum atomic E-state index is -0.434. The largest absolute Gasteiger partial charge is 0.490 e. The highest BCUT2D eigenvalue weighted by molar-refractivity contribution is 5.77. The fraction of sp³-hybridized carbons (Fsp3) is 0.500. The summed E-state index contributed by atoms with van der Waals surface area (Å²) >= 11 is 0. The summed E-state index contributed by atoms with van der Waals surface area (Å²) in [5, 5.41) is 27.4. The lowest BCUT2D eigenvalue weighted by atomic mass is 10.6. The fourth-order valence-electron chi connectivity index (χ4n) is 0.532. The predicted octanol–water partition coefficient (Wildman–Crippen LogP) is -1.60. The predicted molar refractivity (Wildman–Crippen MR) is 47.0 cm³/mol. The summed E-state index contributed by atoms with van der Waals surface area (Å²) in [5.41, 5.74) is 4.67. The molecular weight excluding hydrogens is 190 g/mol. The molecule has 0 aromatic rings. The molecule has 0 aromatic heterocycles. The van der Waals surface area contributed by atoms with Crippen LogP contribution in [0.4, 0.5) is 0 Å². The number of hydrogen-bond donors (Lipinski definition) is 5. The number of carbonyl (C=O) groups excluding carboxylic acids is 1. The van der Waals surface area contributed by atoms with E-state index >= 15 is 0 Å². The van der Waals surface area contributed by atoms with Crippen LogP contribution in [0.3, 0.4) is 0 Å². The number of nitrogens with one attached hydrogen (secondary N) is 3. The zero-order chi connectivity index (χ0) is 10.8. The molecule has 5 N–H and O–H groups in total. The zero-order valence-electron chi connectivity index (χ0n) is 7.40. The van der Waals surface area contributed by atoms with E-state index in [4.69, 9.17) is 15.6 Å². The highest BCUT2D eigenvalue weighted by Gasteiger charge is 2.02. The first kappa shape index (κ1) is 12.2. The number of hydrazine groups is 1. The highest BCUT2D eigenvalue weighted by Crippen LogP contribution is 1.80. The van der Waals surface area contributed by atoms with Crippen molar-refractivity contribution in [2.75, 3.05) is 19.7 Å². The molecule has 0 radical (unpaired) electrons. The molecule has 0 unspecified atom stereocenters. The fourth-order valence-corrected chi connectivity index (χ4v) is 0.532. The Balaban J connectivity index is 3.55. The molecule has 0 aliphatic heterocycles. The summed E-state index contributed by atoms with van der Waals surface area (Å²) in [7, 11) is 0. The van der Waals surface area contributed by atoms with E-state index in [0.717, 1.165) is 6.20 Å². The number of amides is 1. The van der Waals surface area contributed by atoms with Crippen LogP contribution in [-0.4, -0.2) is 35.8 Å². The number of diazo groups is 1. The minimum Gasteiger partial charge on any atom is -0.490 e. The quantitative estimate of drug-likeness (QED) is 0.153. The Morgan fingerprint density at radius 1 is 1.57 bits per heavy atom. The second-order valence-electron chi connectivity index (χ2n) is 2.18. The Bertz CT molecular complexity index is 246. The maximum atomic E-state index is 10.9. The number of carbonyl (C=O) groups is 1. The molecule has 0 saturated carbocycles. The van der Waals surface area contributed by atoms with Gasteiger partial charge in [-0.25, -0.2) is 5.43 Å². The van der Waals surface area contributed by atoms with Crippen LogP contribution in [0.1, 0.15) is 0 Å². The molecule has 0 aliphatic rings. The molecule has 8 heteroatoms. The van der Waals surface area contributed by atoms with Gasteiger partial charge in [0.1, 0.15) is 0 Å². The van der Waals surface area contributed by atoms with Gasteiger partial charge in [-0.15, -0.1) is 0 Å². The van der Waals surface area contributed by atoms with Gasteiger partial charge < -0.3 is 15.5 Å². The van der Waals surface area contributed by atoms with E-state index in [0.29, 0.717) is 0 Å². The molecular formula is C6H12N5O3+. The van der Waals surface area contributed by atoms with Crippen molar-refractivity contribution in [1.29, 1.82) is 5.39 Å². The van der Waals surface area contributed by atoms with Crippen molar-refractivity contribution in [3.8, 4) is 0 Å². The topological polar surface area (TPSA) is 122 Å². The maximum Gasteiger partial charge on any atom is 0.409 e. The third-order valence-corrected chi connectivity index (χ3v) is 1.07. The molecule has 0 spiro atoms. The SMILES string of the molecule is N#[N+]C=C(O)NCC(=O)NNCCO. The van der Waals surface area contributed by atoms with Crippen LogP contribution in [0.2, 0.25) is 0 Å². The van der Waals surface area contributed by atoms with Crippen molar-refractivity contribution in [2.45, 2.75) is 0 Å². The molecule has 8 nitrogen and oxygen atoms in total. The van der Waals surface area contributed by atoms with Crippen LogP contribution in [-0.2, 0) is 4.79 Å². The van der Waals surface area contributed by atoms with E-state index < -0.39 is 11.8 Å². The lowest BCUT2D eigenvalue weighted by Crippen LogP contribution is -2.43. The Morgan fingerprint density at radius 2 is 2.29 bits per heavy atom. The van der Waals surface area contributed by atoms with E-state index in [9.17, 15) is 4.79 Å². The highest BCUT2D eigenvalue weighted by atomic mass is 16.3. The van der Waals surface area contributed by atoms with Gasteiger partial charge in [-0.05, 0) is 0 Å². The van der Waals surface area contributed by atoms with Gasteiger partial charge in [-0.1, -0.05) is 0 Å². The zero-order valence-corrected chi connectivity index (χ0v) is 7.40. The summed E-state index contributed by atoms with van der Waals surface area (Å²) in [4.78, 5) is 13.4. The molecule has 0 rings (SSSR count). The van der Waals surface area contributed by atoms with E-state index in [1.54, 1.807) is 0 Å². The second-order valence-corrected chi connectivity index (χ2v) is 2.18. The molecule has 78 valence electrons. The van der Waals surface area contributed by atoms with Crippen LogP contribution in [0.5, 0.6) is 0 Å². The molecule has 1 amide bonds. The molecule has 0 aromatic carbocycles. The van der Waals surface area contributed by atoms with Gasteiger partial charge in [-0.3, -0.25) is 10.2 Å². The van der Waals surface area contributed by atoms with Crippen molar-refractivity contribution in [3.05, 3.63) is 17.1 Å². The van der Waals surface area contributed by atoms with Gasteiger partial charge in [0.15, 0.2) is 4.98 Å². The first-order valence-corrected chi connectivity index (χ1v) is 3.80. The van der Waals surface area contributed by atoms with Crippen molar-refractivity contribution < 1.29 is 15.0 Å². The average Bonchev–Trinajstić information content (AvgIpc) is 2.16. The molecule has 0 fully saturated rings. The Labute approximate surface area is 80.2 Å². The van der Waals surface area contributed by atoms with Gasteiger partial charge in [0.2, 0.25) is 5.39 Å². The molecule has 0 atom stereocenters. The van der Waals surface area contributed by atoms with E-state index in [2.05, 4.69) is 21.1 Å². The van der Waals surface area contributed by atoms with Crippen LogP contribution in [0, 0.1) is 5.39 Å². The summed E-state index contributed by atoms with van der Waals surface area (Å²) < 4.78 is 0. The maximum absolute atomic E-state index is 10.9. The monoisotopic (exact) mass is 202 g/mol. The van der Waals surface area contributed by atoms with Crippen molar-refractivity contribution in [1.82, 2.24) is 16.2 Å². The first-order chi connectivity index (χ1) is 6.70. The number of aliphatic hydroxyl groups excluding tert-OH is 2. The Hall–Kier alpha value is -1.85. The summed E-state index contributed by atoms with van der Waals surface area (Å²) in [6.07, 6.45) is 0.744. The van der Waals surface area contributed by atoms with Gasteiger partial charge in [0, 0.05) is 6.54 Å². The molecule has 0 heterocycles. The van der Waals surface area contributed by atoms with Gasteiger partial charge in [0.25, 0.3) is 11.8 Å². The van der Waals surface area contributed by atoms with Crippen molar-refractivity contribution >= 4 is 5.91 Å². The molecule has 14 heavy (non-hydrogen) atoms. The lowest BCUT2D eigenvalue weighted by molar-refractivity contribution is -0.121. The van der Waals surface area contributed by atoms with Crippen molar-refractivity contribution in [3.63, 3.8) is 0 Å². The summed E-state index contributed by atoms with van der Waals surface area (Å²) in [5.74, 6) is -0.860. The number of nitrogens with zero attached hydrogens (tertiary/aromatic N) is 2. The number of rotatable bonds is 6. The number of hydrogen-bond acceptors (Lipinski definition) is 6. The normalized spacial score (nSPS) is 10.4. The van der Waals surface area contributed by atoms with E-state index in [1.807, 2.05) is 0 Å². The van der Waals surface area contributed by atoms with Gasteiger partial charge in [0.05, 0.1) is 13.2 Å². The molecule has 0 aliphatic carbocycles.